The Morgan fingerprint density at radius 2 is 0.992 bits per heavy atom. The van der Waals surface area contributed by atoms with Crippen molar-refractivity contribution in [2.75, 3.05) is 219 Å². The lowest BCUT2D eigenvalue weighted by Crippen LogP contribution is -2.44. The minimum atomic E-state index is -5.84. The fourth-order valence-electron chi connectivity index (χ4n) is 13.1. The van der Waals surface area contributed by atoms with Crippen molar-refractivity contribution in [2.24, 2.45) is 26.8 Å². The summed E-state index contributed by atoms with van der Waals surface area (Å²) in [4.78, 5) is 112. The van der Waals surface area contributed by atoms with Gasteiger partial charge in [-0.25, -0.2) is 0 Å². The van der Waals surface area contributed by atoms with Gasteiger partial charge in [0.1, 0.15) is 19.4 Å². The molecule has 2 N–H and O–H groups in total. The molecule has 5 saturated heterocycles. The minimum Gasteiger partial charge on any atom is -0.481 e. The SMILES string of the molecule is C.C.C=C1OCCN1CCN(CCCN(C)C(=O)CCC)C(C)=O.CC1=NCCO1.CCCC(=O)N(C)CCCN(CCN1CCC(C(=O)OCC)CC1)C(C)=O.CCCC1=NCCCO1.CCCC1=NCCCO1.CCCC1OCCCN1C.CCOC(=O)C1CCNCC1.CC[CH-]C1OCCCN1CCCN(C)C(=O)CCC.COS(=O)(=O)C(F)(F)F.O=S(=O)(O)C(F)(F)F. The number of carbonyl (C=O) groups excluding carboxylic acids is 7. The Kier molecular flexibility index (Phi) is 78.0. The molecule has 0 aromatic heterocycles. The highest BCUT2D eigenvalue weighted by atomic mass is 32.2. The maximum Gasteiger partial charge on any atom is 0.523 e. The molecular formula is C90H172F6N13O21S2-. The quantitative estimate of drug-likeness (QED) is 0.0146. The number of esters is 2. The molecule has 0 bridgehead atoms. The molecule has 0 radical (unpaired) electrons. The molecule has 132 heavy (non-hydrogen) atoms. The van der Waals surface area contributed by atoms with E-state index >= 15 is 0 Å². The molecule has 8 heterocycles. The van der Waals surface area contributed by atoms with Gasteiger partial charge in [0.25, 0.3) is 0 Å². The van der Waals surface area contributed by atoms with Crippen LogP contribution in [0.3, 0.4) is 0 Å². The first kappa shape index (κ1) is 131. The van der Waals surface area contributed by atoms with E-state index in [-0.39, 0.29) is 74.4 Å². The van der Waals surface area contributed by atoms with E-state index in [1.165, 1.54) is 25.8 Å². The van der Waals surface area contributed by atoms with Gasteiger partial charge < -0.3 is 82.4 Å². The smallest absolute Gasteiger partial charge is 0.481 e. The van der Waals surface area contributed by atoms with E-state index in [1.54, 1.807) is 23.6 Å². The molecule has 5 amide bonds. The number of nitrogens with one attached hydrogen (secondary N) is 1. The van der Waals surface area contributed by atoms with E-state index < -0.39 is 31.3 Å². The molecular weight excluding hydrogens is 1780 g/mol. The lowest BCUT2D eigenvalue weighted by Gasteiger charge is -2.41. The van der Waals surface area contributed by atoms with Gasteiger partial charge in [0.05, 0.1) is 58.5 Å². The Hall–Kier alpha value is -6.80. The zero-order valence-electron chi connectivity index (χ0n) is 81.4. The maximum absolute atomic E-state index is 11.9. The number of ether oxygens (including phenoxy) is 8. The maximum atomic E-state index is 11.9. The van der Waals surface area contributed by atoms with Crippen molar-refractivity contribution in [3.63, 3.8) is 0 Å². The van der Waals surface area contributed by atoms with Crippen molar-refractivity contribution in [1.82, 2.24) is 49.4 Å². The minimum absolute atomic E-state index is 0. The fourth-order valence-corrected chi connectivity index (χ4v) is 13.3. The second-order valence-electron chi connectivity index (χ2n) is 31.6. The van der Waals surface area contributed by atoms with Crippen molar-refractivity contribution in [1.29, 1.82) is 0 Å². The summed E-state index contributed by atoms with van der Waals surface area (Å²) in [5.41, 5.74) is -10.8. The van der Waals surface area contributed by atoms with Gasteiger partial charge in [0.15, 0.2) is 23.6 Å². The first-order chi connectivity index (χ1) is 61.5. The van der Waals surface area contributed by atoms with E-state index in [4.69, 9.17) is 50.9 Å². The largest absolute Gasteiger partial charge is 0.523 e. The lowest BCUT2D eigenvalue weighted by atomic mass is 9.97. The second kappa shape index (κ2) is 78.3. The summed E-state index contributed by atoms with van der Waals surface area (Å²) in [5.74, 6) is 4.23. The van der Waals surface area contributed by atoms with Gasteiger partial charge in [-0.3, -0.25) is 68.6 Å². The average molecular weight is 1950 g/mol. The Balaban J connectivity index is -0.000000713. The molecule has 8 aliphatic heterocycles. The molecule has 8 rings (SSSR count). The summed E-state index contributed by atoms with van der Waals surface area (Å²) < 4.78 is 155. The van der Waals surface area contributed by atoms with Crippen molar-refractivity contribution in [2.45, 2.75) is 276 Å². The van der Waals surface area contributed by atoms with Crippen LogP contribution in [0.1, 0.15) is 252 Å². The van der Waals surface area contributed by atoms with Crippen molar-refractivity contribution >= 4 is 79.4 Å². The Labute approximate surface area is 788 Å². The van der Waals surface area contributed by atoms with Crippen molar-refractivity contribution < 1.29 is 123 Å². The molecule has 8 aliphatic rings. The molecule has 34 nitrogen and oxygen atoms in total. The normalized spacial score (nSPS) is 17.5. The summed E-state index contributed by atoms with van der Waals surface area (Å²) in [6, 6.07) is 0. The van der Waals surface area contributed by atoms with Crippen LogP contribution in [0.15, 0.2) is 27.4 Å². The zero-order valence-corrected chi connectivity index (χ0v) is 83.1. The molecule has 0 spiro atoms. The van der Waals surface area contributed by atoms with Gasteiger partial charge in [-0.05, 0) is 163 Å². The highest BCUT2D eigenvalue weighted by Crippen LogP contribution is 2.25. The Morgan fingerprint density at radius 3 is 1.34 bits per heavy atom. The summed E-state index contributed by atoms with van der Waals surface area (Å²) in [5, 5.41) is 3.20. The number of likely N-dealkylation sites (tertiary alicyclic amines) is 1. The Morgan fingerprint density at radius 1 is 0.538 bits per heavy atom. The summed E-state index contributed by atoms with van der Waals surface area (Å²) in [7, 11) is -3.04. The predicted molar refractivity (Wildman–Crippen MR) is 506 cm³/mol. The molecule has 0 aromatic rings. The number of halogens is 6. The van der Waals surface area contributed by atoms with Crippen molar-refractivity contribution in [3.05, 3.63) is 18.9 Å². The molecule has 42 heteroatoms. The van der Waals surface area contributed by atoms with Gasteiger partial charge in [-0.15, -0.1) is 0 Å². The van der Waals surface area contributed by atoms with Gasteiger partial charge in [-0.1, -0.05) is 69.7 Å². The van der Waals surface area contributed by atoms with Gasteiger partial charge in [0.2, 0.25) is 29.5 Å². The highest BCUT2D eigenvalue weighted by Gasteiger charge is 2.47. The monoisotopic (exact) mass is 1950 g/mol. The zero-order chi connectivity index (χ0) is 98.5. The van der Waals surface area contributed by atoms with E-state index in [1.807, 2.05) is 82.3 Å². The molecule has 0 aliphatic carbocycles. The summed E-state index contributed by atoms with van der Waals surface area (Å²) >= 11 is 0. The average Bonchev–Trinajstić information content (AvgIpc) is 0.993. The molecule has 5 fully saturated rings. The first-order valence-electron chi connectivity index (χ1n) is 46.5. The molecule has 0 saturated carbocycles. The van der Waals surface area contributed by atoms with E-state index in [0.29, 0.717) is 97.6 Å². The second-order valence-corrected chi connectivity index (χ2v) is 34.7. The topological polar surface area (TPSA) is 369 Å². The van der Waals surface area contributed by atoms with E-state index in [2.05, 4.69) is 86.9 Å². The number of nitrogens with zero attached hydrogens (tertiary/aromatic N) is 12. The van der Waals surface area contributed by atoms with Crippen LogP contribution in [0.2, 0.25) is 0 Å². The third kappa shape index (κ3) is 63.5. The Bertz CT molecular complexity index is 3370. The van der Waals surface area contributed by atoms with Crippen LogP contribution in [0, 0.1) is 18.3 Å². The molecule has 778 valence electrons. The van der Waals surface area contributed by atoms with Gasteiger partial charge >= 0.3 is 43.2 Å². The summed E-state index contributed by atoms with van der Waals surface area (Å²) in [6.07, 6.45) is 25.6. The number of aliphatic imine (C=N–C) groups is 3. The number of piperidine rings is 2. The number of alkyl halides is 6. The fraction of sp³-hybridized carbons (Fsp3) is 0.856. The molecule has 2 atom stereocenters. The van der Waals surface area contributed by atoms with Crippen LogP contribution in [-0.4, -0.2) is 367 Å². The van der Waals surface area contributed by atoms with Crippen molar-refractivity contribution in [3.8, 4) is 0 Å². The number of rotatable bonds is 37. The van der Waals surface area contributed by atoms with E-state index in [0.717, 1.165) is 251 Å². The van der Waals surface area contributed by atoms with Crippen LogP contribution >= 0.6 is 0 Å². The van der Waals surface area contributed by atoms with Crippen LogP contribution in [-0.2, 0) is 95.9 Å². The third-order valence-electron chi connectivity index (χ3n) is 20.7. The van der Waals surface area contributed by atoms with Gasteiger partial charge in [0, 0.05) is 185 Å². The number of hydrogen-bond acceptors (Lipinski definition) is 28. The first-order valence-corrected chi connectivity index (χ1v) is 49.3. The van der Waals surface area contributed by atoms with Crippen LogP contribution in [0.4, 0.5) is 26.3 Å². The van der Waals surface area contributed by atoms with Crippen LogP contribution in [0.25, 0.3) is 0 Å². The summed E-state index contributed by atoms with van der Waals surface area (Å²) in [6.45, 7) is 50.2. The van der Waals surface area contributed by atoms with Crippen LogP contribution in [0.5, 0.6) is 0 Å². The highest BCUT2D eigenvalue weighted by molar-refractivity contribution is 7.87. The standard InChI is InChI=1S/C20H37N3O4.C16H29N3O3.C15H29N2O2.C8H15NO2.C8H17NO.2C7H13NO.C4H7NO.C2H3F3O3S.CHF3O3S.2CH4/c1-5-8-19(25)21(4)11-7-12-23(17(3)24)16-15-22-13-9-18(10-14-22)20(26)27-6-2;1-5-7-16(21)17(4)8-6-9-18(14(2)20)10-11-19-12-13-22-15(19)3;1-4-8-14(18)16(3)10-6-11-17-12-7-13-19-15(17)9-5-2;1-2-11-8(10)7-3-5-9-6-4-7;1-3-5-8-9(2)6-4-7-10-8;2*1-2-4-7-8-5-3-6-9-7;1-4-5-2-3-6-4;1-8-9(6,7)2(3,4)5;2-1(3,4)8(5,6)7;;/h18H,5-16H2,1-4H3;3,5-13H2,1-2,4H3;9,15H,4-8,10-13H2,1-3H3;7,9H,2-6H2,1H3;8H,3-7H2,1-2H3;2*2-6H2,1H3;2-3H2,1H3;1H3;(H,5,6,7);2*1H4/q;;-1;;;;;;;;;. The van der Waals surface area contributed by atoms with Gasteiger partial charge in [-0.2, -0.15) is 49.6 Å². The molecule has 0 aromatic carbocycles. The van der Waals surface area contributed by atoms with E-state index in [9.17, 15) is 68.3 Å². The number of hydrogen-bond donors (Lipinski definition) is 2. The van der Waals surface area contributed by atoms with Crippen LogP contribution < -0.4 is 5.32 Å². The lowest BCUT2D eigenvalue weighted by molar-refractivity contribution is -0.150. The number of carbonyl (C=O) groups is 7. The molecule has 2 unspecified atom stereocenters. The predicted octanol–water partition coefficient (Wildman–Crippen LogP) is 13.2. The third-order valence-corrected chi connectivity index (χ3v) is 22.3. The number of amides is 5.